The van der Waals surface area contributed by atoms with Crippen LogP contribution in [-0.2, 0) is 0 Å². The standard InChI is InChI=1S/C40H25NS/c1-2-10-29(11-3-1)41(37-15-8-14-36-34-13-6-7-16-38(34)42-40(36)37)30-21-24-32-28(25-30)18-17-27-20-22-33-31-12-5-4-9-26(31)19-23-35(33)39(27)32/h1-25H. The van der Waals surface area contributed by atoms with E-state index in [0.717, 1.165) is 11.4 Å². The van der Waals surface area contributed by atoms with E-state index >= 15 is 0 Å². The van der Waals surface area contributed by atoms with Gasteiger partial charge < -0.3 is 4.90 Å². The first-order valence-electron chi connectivity index (χ1n) is 14.4. The number of thiophene rings is 1. The van der Waals surface area contributed by atoms with Crippen molar-refractivity contribution in [1.29, 1.82) is 0 Å². The molecule has 0 spiro atoms. The van der Waals surface area contributed by atoms with Crippen molar-refractivity contribution in [3.63, 3.8) is 0 Å². The van der Waals surface area contributed by atoms with Crippen molar-refractivity contribution in [2.45, 2.75) is 0 Å². The van der Waals surface area contributed by atoms with Gasteiger partial charge in [-0.3, -0.25) is 0 Å². The molecule has 1 heterocycles. The van der Waals surface area contributed by atoms with Gasteiger partial charge in [0.25, 0.3) is 0 Å². The van der Waals surface area contributed by atoms with Crippen molar-refractivity contribution < 1.29 is 0 Å². The van der Waals surface area contributed by atoms with E-state index in [1.54, 1.807) is 0 Å². The molecule has 0 fully saturated rings. The molecule has 0 atom stereocenters. The van der Waals surface area contributed by atoms with Crippen LogP contribution in [-0.4, -0.2) is 0 Å². The van der Waals surface area contributed by atoms with Crippen LogP contribution in [0, 0.1) is 0 Å². The summed E-state index contributed by atoms with van der Waals surface area (Å²) in [5, 5.41) is 12.9. The van der Waals surface area contributed by atoms with E-state index in [2.05, 4.69) is 157 Å². The topological polar surface area (TPSA) is 3.24 Å². The Morgan fingerprint density at radius 3 is 2.00 bits per heavy atom. The Morgan fingerprint density at radius 2 is 1.07 bits per heavy atom. The Morgan fingerprint density at radius 1 is 0.381 bits per heavy atom. The zero-order valence-corrected chi connectivity index (χ0v) is 23.6. The molecule has 196 valence electrons. The van der Waals surface area contributed by atoms with Crippen LogP contribution in [0.15, 0.2) is 152 Å². The first-order chi connectivity index (χ1) is 20.8. The summed E-state index contributed by atoms with van der Waals surface area (Å²) < 4.78 is 2.62. The van der Waals surface area contributed by atoms with Gasteiger partial charge >= 0.3 is 0 Å². The van der Waals surface area contributed by atoms with E-state index in [1.165, 1.54) is 68.9 Å². The maximum Gasteiger partial charge on any atom is 0.0640 e. The summed E-state index contributed by atoms with van der Waals surface area (Å²) in [5.74, 6) is 0. The highest BCUT2D eigenvalue weighted by Crippen LogP contribution is 2.45. The fourth-order valence-electron chi connectivity index (χ4n) is 6.69. The molecule has 0 N–H and O–H groups in total. The quantitative estimate of drug-likeness (QED) is 0.197. The molecule has 1 nitrogen and oxygen atoms in total. The molecule has 0 amide bonds. The summed E-state index contributed by atoms with van der Waals surface area (Å²) in [4.78, 5) is 2.41. The molecule has 2 heteroatoms. The third kappa shape index (κ3) is 3.49. The maximum atomic E-state index is 2.41. The molecular weight excluding hydrogens is 527 g/mol. The van der Waals surface area contributed by atoms with E-state index in [9.17, 15) is 0 Å². The van der Waals surface area contributed by atoms with Crippen LogP contribution in [0.25, 0.3) is 63.3 Å². The lowest BCUT2D eigenvalue weighted by atomic mass is 9.93. The largest absolute Gasteiger partial charge is 0.309 e. The second-order valence-electron chi connectivity index (χ2n) is 10.9. The van der Waals surface area contributed by atoms with Gasteiger partial charge in [-0.25, -0.2) is 0 Å². The maximum absolute atomic E-state index is 2.41. The van der Waals surface area contributed by atoms with Crippen LogP contribution >= 0.6 is 11.3 Å². The Hall–Kier alpha value is -5.18. The number of para-hydroxylation sites is 1. The van der Waals surface area contributed by atoms with Crippen molar-refractivity contribution in [3.05, 3.63) is 152 Å². The van der Waals surface area contributed by atoms with Gasteiger partial charge in [0.1, 0.15) is 0 Å². The van der Waals surface area contributed by atoms with Crippen LogP contribution in [0.4, 0.5) is 17.1 Å². The smallest absolute Gasteiger partial charge is 0.0640 e. The van der Waals surface area contributed by atoms with Crippen molar-refractivity contribution in [3.8, 4) is 0 Å². The minimum absolute atomic E-state index is 1.15. The molecule has 9 rings (SSSR count). The second kappa shape index (κ2) is 9.17. The van der Waals surface area contributed by atoms with Crippen molar-refractivity contribution in [2.24, 2.45) is 0 Å². The molecule has 9 aromatic rings. The first kappa shape index (κ1) is 23.5. The summed E-state index contributed by atoms with van der Waals surface area (Å²) in [7, 11) is 0. The predicted octanol–water partition coefficient (Wildman–Crippen LogP) is 12.1. The van der Waals surface area contributed by atoms with E-state index in [1.807, 2.05) is 11.3 Å². The number of hydrogen-bond donors (Lipinski definition) is 0. The Bertz CT molecular complexity index is 2470. The van der Waals surface area contributed by atoms with Gasteiger partial charge in [-0.2, -0.15) is 0 Å². The molecule has 0 saturated carbocycles. The van der Waals surface area contributed by atoms with Crippen LogP contribution in [0.1, 0.15) is 0 Å². The molecule has 8 aromatic carbocycles. The number of anilines is 3. The van der Waals surface area contributed by atoms with Gasteiger partial charge in [-0.1, -0.05) is 115 Å². The second-order valence-corrected chi connectivity index (χ2v) is 12.0. The minimum Gasteiger partial charge on any atom is -0.309 e. The van der Waals surface area contributed by atoms with Gasteiger partial charge in [-0.15, -0.1) is 11.3 Å². The van der Waals surface area contributed by atoms with Gasteiger partial charge in [0, 0.05) is 26.8 Å². The van der Waals surface area contributed by atoms with Crippen LogP contribution in [0.5, 0.6) is 0 Å². The summed E-state index contributed by atoms with van der Waals surface area (Å²) in [6, 6.07) is 55.5. The number of nitrogens with zero attached hydrogens (tertiary/aromatic N) is 1. The van der Waals surface area contributed by atoms with Gasteiger partial charge in [-0.05, 0) is 79.5 Å². The van der Waals surface area contributed by atoms with E-state index in [0.29, 0.717) is 0 Å². The minimum atomic E-state index is 1.15. The zero-order valence-electron chi connectivity index (χ0n) is 22.8. The molecule has 42 heavy (non-hydrogen) atoms. The predicted molar refractivity (Wildman–Crippen MR) is 184 cm³/mol. The summed E-state index contributed by atoms with van der Waals surface area (Å²) in [6.07, 6.45) is 0. The summed E-state index contributed by atoms with van der Waals surface area (Å²) >= 11 is 1.87. The molecule has 0 aliphatic rings. The molecular formula is C40H25NS. The van der Waals surface area contributed by atoms with Crippen molar-refractivity contribution in [2.75, 3.05) is 4.90 Å². The molecule has 0 saturated heterocycles. The summed E-state index contributed by atoms with van der Waals surface area (Å²) in [5.41, 5.74) is 3.51. The van der Waals surface area contributed by atoms with Gasteiger partial charge in [0.2, 0.25) is 0 Å². The third-order valence-electron chi connectivity index (χ3n) is 8.60. The monoisotopic (exact) mass is 551 g/mol. The highest BCUT2D eigenvalue weighted by atomic mass is 32.1. The Balaban J connectivity index is 1.31. The average molecular weight is 552 g/mol. The summed E-state index contributed by atoms with van der Waals surface area (Å²) in [6.45, 7) is 0. The van der Waals surface area contributed by atoms with Crippen LogP contribution < -0.4 is 4.90 Å². The lowest BCUT2D eigenvalue weighted by Crippen LogP contribution is -2.09. The highest BCUT2D eigenvalue weighted by molar-refractivity contribution is 7.26. The fraction of sp³-hybridized carbons (Fsp3) is 0. The highest BCUT2D eigenvalue weighted by Gasteiger charge is 2.18. The normalized spacial score (nSPS) is 11.8. The lowest BCUT2D eigenvalue weighted by Gasteiger charge is -2.26. The Kier molecular flexibility index (Phi) is 5.13. The molecule has 0 bridgehead atoms. The SMILES string of the molecule is c1ccc(N(c2ccc3c(ccc4ccc5c6ccccc6ccc5c43)c2)c2cccc3c2sc2ccccc23)cc1. The number of benzene rings is 8. The van der Waals surface area contributed by atoms with Crippen molar-refractivity contribution in [1.82, 2.24) is 0 Å². The zero-order chi connectivity index (χ0) is 27.6. The fourth-order valence-corrected chi connectivity index (χ4v) is 7.90. The van der Waals surface area contributed by atoms with E-state index in [4.69, 9.17) is 0 Å². The third-order valence-corrected chi connectivity index (χ3v) is 9.81. The average Bonchev–Trinajstić information content (AvgIpc) is 3.44. The van der Waals surface area contributed by atoms with Gasteiger partial charge in [0.05, 0.1) is 10.4 Å². The molecule has 0 radical (unpaired) electrons. The van der Waals surface area contributed by atoms with E-state index in [-0.39, 0.29) is 0 Å². The number of rotatable bonds is 3. The number of fused-ring (bicyclic) bond motifs is 10. The Labute approximate surface area is 247 Å². The van der Waals surface area contributed by atoms with Crippen LogP contribution in [0.3, 0.4) is 0 Å². The molecule has 0 aliphatic carbocycles. The molecule has 0 unspecified atom stereocenters. The number of hydrogen-bond acceptors (Lipinski definition) is 2. The lowest BCUT2D eigenvalue weighted by molar-refractivity contribution is 1.31. The van der Waals surface area contributed by atoms with Crippen molar-refractivity contribution >= 4 is 91.7 Å². The molecule has 0 aliphatic heterocycles. The van der Waals surface area contributed by atoms with E-state index < -0.39 is 0 Å². The molecule has 1 aromatic heterocycles. The van der Waals surface area contributed by atoms with Gasteiger partial charge in [0.15, 0.2) is 0 Å². The van der Waals surface area contributed by atoms with Crippen LogP contribution in [0.2, 0.25) is 0 Å². The first-order valence-corrected chi connectivity index (χ1v) is 15.2.